The topological polar surface area (TPSA) is 27.1 Å². The zero-order valence-corrected chi connectivity index (χ0v) is 18.1. The first-order valence-corrected chi connectivity index (χ1v) is 10.6. The van der Waals surface area contributed by atoms with Gasteiger partial charge in [0.05, 0.1) is 17.6 Å². The van der Waals surface area contributed by atoms with Gasteiger partial charge >= 0.3 is 0 Å². The van der Waals surface area contributed by atoms with E-state index in [0.717, 1.165) is 57.3 Å². The lowest BCUT2D eigenvalue weighted by Gasteiger charge is -2.11. The van der Waals surface area contributed by atoms with E-state index in [0.29, 0.717) is 6.61 Å². The normalized spacial score (nSPS) is 11.4. The number of halogens is 1. The summed E-state index contributed by atoms with van der Waals surface area (Å²) in [7, 11) is 0. The van der Waals surface area contributed by atoms with E-state index in [1.807, 2.05) is 50.2 Å². The molecule has 0 saturated heterocycles. The first-order chi connectivity index (χ1) is 14.6. The third kappa shape index (κ3) is 4.58. The van der Waals surface area contributed by atoms with Gasteiger partial charge in [-0.15, -0.1) is 0 Å². The molecule has 4 rings (SSSR count). The summed E-state index contributed by atoms with van der Waals surface area (Å²) in [6.45, 7) is 5.48. The summed E-state index contributed by atoms with van der Waals surface area (Å²) in [4.78, 5) is 4.82. The first-order valence-electron chi connectivity index (χ1n) is 10.2. The number of rotatable bonds is 7. The monoisotopic (exact) mass is 416 g/mol. The van der Waals surface area contributed by atoms with E-state index in [4.69, 9.17) is 21.3 Å². The molecule has 4 heteroatoms. The molecular formula is C26H25ClN2O. The van der Waals surface area contributed by atoms with Gasteiger partial charge in [0, 0.05) is 11.6 Å². The van der Waals surface area contributed by atoms with Crippen molar-refractivity contribution in [3.05, 3.63) is 94.3 Å². The van der Waals surface area contributed by atoms with Crippen molar-refractivity contribution >= 4 is 34.8 Å². The van der Waals surface area contributed by atoms with E-state index < -0.39 is 0 Å². The van der Waals surface area contributed by atoms with Crippen molar-refractivity contribution < 1.29 is 4.74 Å². The molecule has 0 bridgehead atoms. The Bertz CT molecular complexity index is 1160. The van der Waals surface area contributed by atoms with Gasteiger partial charge in [-0.2, -0.15) is 0 Å². The Kier molecular flexibility index (Phi) is 6.20. The molecule has 0 aliphatic rings. The highest BCUT2D eigenvalue weighted by atomic mass is 35.5. The van der Waals surface area contributed by atoms with Crippen molar-refractivity contribution in [3.63, 3.8) is 0 Å². The molecule has 30 heavy (non-hydrogen) atoms. The second kappa shape index (κ2) is 9.19. The molecule has 0 saturated carbocycles. The molecule has 0 radical (unpaired) electrons. The number of para-hydroxylation sites is 2. The molecule has 0 atom stereocenters. The molecule has 1 aromatic heterocycles. The maximum absolute atomic E-state index is 6.25. The maximum Gasteiger partial charge on any atom is 0.133 e. The Hall–Kier alpha value is -3.04. The number of hydrogen-bond acceptors (Lipinski definition) is 2. The van der Waals surface area contributed by atoms with Crippen LogP contribution in [0.25, 0.3) is 23.2 Å². The van der Waals surface area contributed by atoms with Crippen LogP contribution in [0.3, 0.4) is 0 Å². The second-order valence-corrected chi connectivity index (χ2v) is 7.81. The number of aryl methyl sites for hydroxylation is 3. The summed E-state index contributed by atoms with van der Waals surface area (Å²) in [6, 6.07) is 22.5. The minimum absolute atomic E-state index is 0.634. The molecular weight excluding hydrogens is 392 g/mol. The van der Waals surface area contributed by atoms with Crippen molar-refractivity contribution in [2.24, 2.45) is 0 Å². The maximum atomic E-state index is 6.25. The van der Waals surface area contributed by atoms with Gasteiger partial charge in [0.25, 0.3) is 0 Å². The molecule has 152 valence electrons. The lowest BCUT2D eigenvalue weighted by molar-refractivity contribution is 0.302. The smallest absolute Gasteiger partial charge is 0.133 e. The average Bonchev–Trinajstić information content (AvgIpc) is 3.12. The number of hydrogen-bond donors (Lipinski definition) is 0. The van der Waals surface area contributed by atoms with Crippen LogP contribution in [0.5, 0.6) is 5.75 Å². The lowest BCUT2D eigenvalue weighted by Crippen LogP contribution is -2.06. The zero-order valence-electron chi connectivity index (χ0n) is 17.3. The number of fused-ring (bicyclic) bond motifs is 1. The Morgan fingerprint density at radius 2 is 1.63 bits per heavy atom. The van der Waals surface area contributed by atoms with Crippen LogP contribution in [-0.2, 0) is 6.54 Å². The molecule has 0 aliphatic carbocycles. The number of nitrogens with zero attached hydrogens (tertiary/aromatic N) is 2. The number of ether oxygens (including phenoxy) is 1. The van der Waals surface area contributed by atoms with Gasteiger partial charge < -0.3 is 9.30 Å². The summed E-state index contributed by atoms with van der Waals surface area (Å²) in [5.74, 6) is 1.83. The largest absolute Gasteiger partial charge is 0.494 e. The molecule has 0 amide bonds. The third-order valence-corrected chi connectivity index (χ3v) is 5.71. The second-order valence-electron chi connectivity index (χ2n) is 7.43. The highest BCUT2D eigenvalue weighted by molar-refractivity contribution is 6.32. The fourth-order valence-electron chi connectivity index (χ4n) is 3.59. The predicted octanol–water partition coefficient (Wildman–Crippen LogP) is 6.95. The predicted molar refractivity (Wildman–Crippen MR) is 126 cm³/mol. The molecule has 1 heterocycles. The minimum atomic E-state index is 0.634. The van der Waals surface area contributed by atoms with Gasteiger partial charge in [-0.3, -0.25) is 0 Å². The van der Waals surface area contributed by atoms with Crippen LogP contribution in [0.15, 0.2) is 66.7 Å². The Balaban J connectivity index is 1.48. The van der Waals surface area contributed by atoms with Crippen LogP contribution in [0.1, 0.15) is 28.9 Å². The van der Waals surface area contributed by atoms with Crippen LogP contribution >= 0.6 is 11.6 Å². The highest BCUT2D eigenvalue weighted by Crippen LogP contribution is 2.26. The average molecular weight is 417 g/mol. The molecule has 0 N–H and O–H groups in total. The summed E-state index contributed by atoms with van der Waals surface area (Å²) < 4.78 is 8.25. The Labute approximate surface area is 182 Å². The van der Waals surface area contributed by atoms with Crippen molar-refractivity contribution in [3.8, 4) is 5.75 Å². The summed E-state index contributed by atoms with van der Waals surface area (Å²) >= 11 is 6.25. The van der Waals surface area contributed by atoms with Gasteiger partial charge in [0.15, 0.2) is 0 Å². The van der Waals surface area contributed by atoms with Crippen molar-refractivity contribution in [2.75, 3.05) is 6.61 Å². The molecule has 3 aromatic carbocycles. The van der Waals surface area contributed by atoms with Gasteiger partial charge in [-0.1, -0.05) is 60.1 Å². The Morgan fingerprint density at radius 1 is 0.933 bits per heavy atom. The molecule has 0 fully saturated rings. The molecule has 4 aromatic rings. The van der Waals surface area contributed by atoms with E-state index in [9.17, 15) is 0 Å². The van der Waals surface area contributed by atoms with Crippen LogP contribution in [0.2, 0.25) is 5.02 Å². The Morgan fingerprint density at radius 3 is 2.40 bits per heavy atom. The lowest BCUT2D eigenvalue weighted by atomic mass is 10.1. The van der Waals surface area contributed by atoms with Crippen LogP contribution in [0, 0.1) is 13.8 Å². The third-order valence-electron chi connectivity index (χ3n) is 5.11. The molecule has 0 spiro atoms. The number of imidazole rings is 1. The van der Waals surface area contributed by atoms with E-state index in [-0.39, 0.29) is 0 Å². The number of aromatic nitrogens is 2. The molecule has 3 nitrogen and oxygen atoms in total. The fourth-order valence-corrected chi connectivity index (χ4v) is 3.70. The van der Waals surface area contributed by atoms with Crippen LogP contribution in [-0.4, -0.2) is 16.2 Å². The van der Waals surface area contributed by atoms with E-state index in [1.165, 1.54) is 0 Å². The zero-order chi connectivity index (χ0) is 20.9. The van der Waals surface area contributed by atoms with E-state index >= 15 is 0 Å². The van der Waals surface area contributed by atoms with Crippen LogP contribution in [0.4, 0.5) is 0 Å². The summed E-state index contributed by atoms with van der Waals surface area (Å²) in [5, 5.41) is 0.807. The SMILES string of the molecule is Cc1cc(OCCCn2c(/C=C/c3ccccc3)nc3ccccc32)cc(C)c1Cl. The highest BCUT2D eigenvalue weighted by Gasteiger charge is 2.09. The molecule has 0 aliphatic heterocycles. The quantitative estimate of drug-likeness (QED) is 0.305. The van der Waals surface area contributed by atoms with Gasteiger partial charge in [0.2, 0.25) is 0 Å². The standard InChI is InChI=1S/C26H25ClN2O/c1-19-17-22(18-20(2)26(19)27)30-16-8-15-29-24-12-7-6-11-23(24)28-25(29)14-13-21-9-4-3-5-10-21/h3-7,9-14,17-18H,8,15-16H2,1-2H3/b14-13+. The van der Waals surface area contributed by atoms with Gasteiger partial charge in [0.1, 0.15) is 11.6 Å². The fraction of sp³-hybridized carbons (Fsp3) is 0.192. The van der Waals surface area contributed by atoms with Gasteiger partial charge in [-0.05, 0) is 67.3 Å². The summed E-state index contributed by atoms with van der Waals surface area (Å²) in [6.07, 6.45) is 5.07. The minimum Gasteiger partial charge on any atom is -0.494 e. The van der Waals surface area contributed by atoms with E-state index in [2.05, 4.69) is 47.1 Å². The first kappa shape index (κ1) is 20.2. The summed E-state index contributed by atoms with van der Waals surface area (Å²) in [5.41, 5.74) is 5.40. The van der Waals surface area contributed by atoms with Crippen molar-refractivity contribution in [1.82, 2.24) is 9.55 Å². The molecule has 0 unspecified atom stereocenters. The van der Waals surface area contributed by atoms with Crippen molar-refractivity contribution in [1.29, 1.82) is 0 Å². The van der Waals surface area contributed by atoms with Gasteiger partial charge in [-0.25, -0.2) is 4.98 Å². The van der Waals surface area contributed by atoms with Crippen molar-refractivity contribution in [2.45, 2.75) is 26.8 Å². The van der Waals surface area contributed by atoms with Crippen LogP contribution < -0.4 is 4.74 Å². The number of benzene rings is 3. The van der Waals surface area contributed by atoms with E-state index in [1.54, 1.807) is 0 Å².